The number of hydrogen-bond acceptors (Lipinski definition) is 6. The van der Waals surface area contributed by atoms with E-state index in [0.717, 1.165) is 35.8 Å². The van der Waals surface area contributed by atoms with Crippen LogP contribution in [0.5, 0.6) is 0 Å². The Morgan fingerprint density at radius 3 is 2.53 bits per heavy atom. The molecule has 0 aliphatic heterocycles. The van der Waals surface area contributed by atoms with Gasteiger partial charge in [-0.25, -0.2) is 13.6 Å². The first kappa shape index (κ1) is 22.4. The predicted molar refractivity (Wildman–Crippen MR) is 126 cm³/mol. The number of fused-ring (bicyclic) bond motifs is 3. The first-order valence-electron chi connectivity index (χ1n) is 11.0. The molecule has 0 radical (unpaired) electrons. The van der Waals surface area contributed by atoms with E-state index < -0.39 is 11.2 Å². The summed E-state index contributed by atoms with van der Waals surface area (Å²) in [6, 6.07) is 6.17. The molecule has 1 fully saturated rings. The lowest BCUT2D eigenvalue weighted by Gasteiger charge is -2.11. The number of amides is 1. The molecule has 0 bridgehead atoms. The fraction of sp³-hybridized carbons (Fsp3) is 0.409. The largest absolute Gasteiger partial charge is 0.353 e. The van der Waals surface area contributed by atoms with Crippen molar-refractivity contribution in [2.75, 3.05) is 5.75 Å². The summed E-state index contributed by atoms with van der Waals surface area (Å²) >= 11 is 1.20. The predicted octanol–water partition coefficient (Wildman–Crippen LogP) is 1.42. The number of thioether (sulfide) groups is 1. The van der Waals surface area contributed by atoms with Crippen molar-refractivity contribution >= 4 is 34.6 Å². The Morgan fingerprint density at radius 1 is 1.12 bits per heavy atom. The van der Waals surface area contributed by atoms with Gasteiger partial charge in [-0.2, -0.15) is 0 Å². The Balaban J connectivity index is 1.59. The van der Waals surface area contributed by atoms with Crippen LogP contribution in [-0.4, -0.2) is 46.0 Å². The monoisotopic (exact) mass is 485 g/mol. The van der Waals surface area contributed by atoms with Gasteiger partial charge < -0.3 is 5.32 Å². The number of carbonyl (C=O) groups excluding carboxylic acids is 1. The molecule has 1 aliphatic carbocycles. The second kappa shape index (κ2) is 8.75. The molecule has 12 heteroatoms. The van der Waals surface area contributed by atoms with Gasteiger partial charge in [0.2, 0.25) is 11.7 Å². The SMILES string of the molecule is Cn1c(=O)c2c(n(C)c1=O)n1c(SCC(=O)NC3CCCC3)nnc1n2Cc1ccc(F)cc1. The molecular formula is C22H24FN7O3S. The summed E-state index contributed by atoms with van der Waals surface area (Å²) in [5.74, 6) is 0.0483. The molecule has 0 unspecified atom stereocenters. The summed E-state index contributed by atoms with van der Waals surface area (Å²) in [6.45, 7) is 0.228. The van der Waals surface area contributed by atoms with Crippen molar-refractivity contribution in [3.8, 4) is 0 Å². The smallest absolute Gasteiger partial charge is 0.332 e. The minimum absolute atomic E-state index is 0.0893. The molecule has 3 aromatic heterocycles. The van der Waals surface area contributed by atoms with E-state index in [4.69, 9.17) is 0 Å². The average Bonchev–Trinajstić information content (AvgIpc) is 3.54. The second-order valence-corrected chi connectivity index (χ2v) is 9.49. The van der Waals surface area contributed by atoms with Crippen LogP contribution in [0.3, 0.4) is 0 Å². The van der Waals surface area contributed by atoms with Crippen LogP contribution in [0.25, 0.3) is 16.9 Å². The topological polar surface area (TPSA) is 108 Å². The van der Waals surface area contributed by atoms with E-state index in [2.05, 4.69) is 15.5 Å². The van der Waals surface area contributed by atoms with Gasteiger partial charge in [0, 0.05) is 20.1 Å². The standard InChI is InChI=1S/C22H24FN7O3S/c1-27-18-17(19(32)28(2)22(27)33)29(11-13-7-9-14(23)10-8-13)20-25-26-21(30(18)20)34-12-16(31)24-15-5-3-4-6-15/h7-10,15H,3-6,11-12H2,1-2H3,(H,24,31). The van der Waals surface area contributed by atoms with Crippen LogP contribution in [0.15, 0.2) is 39.0 Å². The summed E-state index contributed by atoms with van der Waals surface area (Å²) in [5, 5.41) is 12.0. The van der Waals surface area contributed by atoms with Gasteiger partial charge in [-0.1, -0.05) is 36.7 Å². The number of aromatic nitrogens is 6. The average molecular weight is 486 g/mol. The Kier molecular flexibility index (Phi) is 5.76. The lowest BCUT2D eigenvalue weighted by molar-refractivity contribution is -0.119. The molecule has 1 N–H and O–H groups in total. The summed E-state index contributed by atoms with van der Waals surface area (Å²) < 4.78 is 19.1. The van der Waals surface area contributed by atoms with Crippen LogP contribution in [0.2, 0.25) is 0 Å². The number of hydrogen-bond donors (Lipinski definition) is 1. The molecule has 0 saturated heterocycles. The van der Waals surface area contributed by atoms with Crippen molar-refractivity contribution in [1.29, 1.82) is 0 Å². The molecular weight excluding hydrogens is 461 g/mol. The third-order valence-electron chi connectivity index (χ3n) is 6.26. The lowest BCUT2D eigenvalue weighted by atomic mass is 10.2. The van der Waals surface area contributed by atoms with Gasteiger partial charge >= 0.3 is 5.69 Å². The summed E-state index contributed by atoms with van der Waals surface area (Å²) in [4.78, 5) is 38.3. The molecule has 5 rings (SSSR count). The number of carbonyl (C=O) groups is 1. The summed E-state index contributed by atoms with van der Waals surface area (Å²) in [6.07, 6.45) is 4.24. The molecule has 1 aromatic carbocycles. The van der Waals surface area contributed by atoms with E-state index in [1.165, 1.54) is 35.5 Å². The molecule has 34 heavy (non-hydrogen) atoms. The normalized spacial score (nSPS) is 14.4. The zero-order valence-corrected chi connectivity index (χ0v) is 19.6. The Hall–Kier alpha value is -3.41. The zero-order valence-electron chi connectivity index (χ0n) is 18.8. The highest BCUT2D eigenvalue weighted by molar-refractivity contribution is 7.99. The zero-order chi connectivity index (χ0) is 24.0. The third-order valence-corrected chi connectivity index (χ3v) is 7.19. The first-order valence-corrected chi connectivity index (χ1v) is 12.0. The van der Waals surface area contributed by atoms with Gasteiger partial charge in [0.25, 0.3) is 5.56 Å². The van der Waals surface area contributed by atoms with Gasteiger partial charge in [0.1, 0.15) is 5.82 Å². The Morgan fingerprint density at radius 2 is 1.82 bits per heavy atom. The second-order valence-electron chi connectivity index (χ2n) is 8.55. The van der Waals surface area contributed by atoms with Crippen molar-refractivity contribution in [1.82, 2.24) is 33.6 Å². The summed E-state index contributed by atoms with van der Waals surface area (Å²) in [7, 11) is 3.00. The minimum atomic E-state index is -0.484. The van der Waals surface area contributed by atoms with E-state index in [1.54, 1.807) is 28.1 Å². The molecule has 10 nitrogen and oxygen atoms in total. The molecule has 178 valence electrons. The van der Waals surface area contributed by atoms with Crippen molar-refractivity contribution in [3.05, 3.63) is 56.5 Å². The number of benzene rings is 1. The highest BCUT2D eigenvalue weighted by Crippen LogP contribution is 2.25. The summed E-state index contributed by atoms with van der Waals surface area (Å²) in [5.41, 5.74) is 0.414. The van der Waals surface area contributed by atoms with Crippen LogP contribution in [-0.2, 0) is 25.4 Å². The number of nitrogens with zero attached hydrogens (tertiary/aromatic N) is 6. The van der Waals surface area contributed by atoms with Gasteiger partial charge in [0.15, 0.2) is 16.3 Å². The Bertz CT molecular complexity index is 1510. The highest BCUT2D eigenvalue weighted by atomic mass is 32.2. The van der Waals surface area contributed by atoms with E-state index in [0.29, 0.717) is 16.6 Å². The van der Waals surface area contributed by atoms with Crippen LogP contribution < -0.4 is 16.6 Å². The van der Waals surface area contributed by atoms with E-state index in [-0.39, 0.29) is 35.6 Å². The van der Waals surface area contributed by atoms with Crippen LogP contribution >= 0.6 is 11.8 Å². The number of halogens is 1. The highest BCUT2D eigenvalue weighted by Gasteiger charge is 2.24. The number of imidazole rings is 1. The van der Waals surface area contributed by atoms with Gasteiger partial charge in [0.05, 0.1) is 12.3 Å². The van der Waals surface area contributed by atoms with Crippen molar-refractivity contribution in [3.63, 3.8) is 0 Å². The molecule has 3 heterocycles. The number of nitrogens with one attached hydrogen (secondary N) is 1. The number of aryl methyl sites for hydroxylation is 1. The molecule has 1 amide bonds. The maximum atomic E-state index is 13.4. The fourth-order valence-electron chi connectivity index (χ4n) is 4.52. The van der Waals surface area contributed by atoms with Crippen LogP contribution in [0.4, 0.5) is 4.39 Å². The molecule has 4 aromatic rings. The lowest BCUT2D eigenvalue weighted by Crippen LogP contribution is -2.37. The fourth-order valence-corrected chi connectivity index (χ4v) is 5.25. The van der Waals surface area contributed by atoms with Crippen molar-refractivity contribution in [2.45, 2.75) is 43.4 Å². The maximum Gasteiger partial charge on any atom is 0.332 e. The van der Waals surface area contributed by atoms with Crippen LogP contribution in [0, 0.1) is 5.82 Å². The van der Waals surface area contributed by atoms with E-state index in [9.17, 15) is 18.8 Å². The third kappa shape index (κ3) is 3.81. The van der Waals surface area contributed by atoms with E-state index in [1.807, 2.05) is 0 Å². The maximum absolute atomic E-state index is 13.4. The molecule has 1 aliphatic rings. The number of rotatable bonds is 6. The quantitative estimate of drug-likeness (QED) is 0.414. The molecule has 0 atom stereocenters. The van der Waals surface area contributed by atoms with E-state index >= 15 is 0 Å². The molecule has 1 saturated carbocycles. The van der Waals surface area contributed by atoms with Crippen LogP contribution in [0.1, 0.15) is 31.2 Å². The minimum Gasteiger partial charge on any atom is -0.353 e. The van der Waals surface area contributed by atoms with Gasteiger partial charge in [-0.05, 0) is 30.5 Å². The first-order chi connectivity index (χ1) is 16.3. The Labute approximate surface area is 197 Å². The molecule has 0 spiro atoms. The van der Waals surface area contributed by atoms with Crippen molar-refractivity contribution < 1.29 is 9.18 Å². The van der Waals surface area contributed by atoms with Gasteiger partial charge in [-0.3, -0.25) is 23.3 Å². The van der Waals surface area contributed by atoms with Gasteiger partial charge in [-0.15, -0.1) is 10.2 Å². The van der Waals surface area contributed by atoms with Crippen molar-refractivity contribution in [2.24, 2.45) is 14.1 Å².